The lowest BCUT2D eigenvalue weighted by molar-refractivity contribution is -0.121. The molecule has 2 rings (SSSR count). The lowest BCUT2D eigenvalue weighted by atomic mass is 10.1. The van der Waals surface area contributed by atoms with Crippen molar-refractivity contribution in [1.82, 2.24) is 5.32 Å². The summed E-state index contributed by atoms with van der Waals surface area (Å²) in [6.07, 6.45) is 3.97. The number of nitrogens with two attached hydrogens (primary N) is 1. The Morgan fingerprint density at radius 3 is 3.00 bits per heavy atom. The van der Waals surface area contributed by atoms with Crippen LogP contribution in [0.2, 0.25) is 0 Å². The first-order valence-corrected chi connectivity index (χ1v) is 7.83. The fourth-order valence-electron chi connectivity index (χ4n) is 2.33. The fourth-order valence-corrected chi connectivity index (χ4v) is 3.54. The number of benzene rings is 1. The van der Waals surface area contributed by atoms with Gasteiger partial charge in [0.05, 0.1) is 5.25 Å². The van der Waals surface area contributed by atoms with E-state index in [1.54, 1.807) is 11.8 Å². The average Bonchev–Trinajstić information content (AvgIpc) is 2.83. The highest BCUT2D eigenvalue weighted by molar-refractivity contribution is 8.01. The second-order valence-corrected chi connectivity index (χ2v) is 6.36. The molecular weight excluding hydrogens is 256 g/mol. The van der Waals surface area contributed by atoms with Gasteiger partial charge in [0, 0.05) is 10.9 Å². The number of nitrogens with one attached hydrogen (secondary N) is 1. The normalized spacial score (nSPS) is 18.9. The Labute approximate surface area is 119 Å². The van der Waals surface area contributed by atoms with Crippen LogP contribution in [0.3, 0.4) is 0 Å². The van der Waals surface area contributed by atoms with Crippen molar-refractivity contribution in [3.05, 3.63) is 29.8 Å². The summed E-state index contributed by atoms with van der Waals surface area (Å²) in [6.45, 7) is 2.80. The van der Waals surface area contributed by atoms with Gasteiger partial charge in [-0.15, -0.1) is 11.8 Å². The zero-order valence-electron chi connectivity index (χ0n) is 11.4. The molecule has 4 heteroatoms. The molecule has 1 heterocycles. The maximum Gasteiger partial charge on any atom is 0.234 e. The second-order valence-electron chi connectivity index (χ2n) is 5.11. The van der Waals surface area contributed by atoms with Crippen molar-refractivity contribution in [2.45, 2.75) is 48.8 Å². The van der Waals surface area contributed by atoms with Crippen LogP contribution in [-0.4, -0.2) is 23.7 Å². The Hall–Kier alpha value is -1.00. The summed E-state index contributed by atoms with van der Waals surface area (Å²) in [5.41, 5.74) is 6.77. The monoisotopic (exact) mass is 278 g/mol. The van der Waals surface area contributed by atoms with Gasteiger partial charge in [-0.05, 0) is 44.4 Å². The van der Waals surface area contributed by atoms with Gasteiger partial charge in [0.25, 0.3) is 0 Å². The van der Waals surface area contributed by atoms with E-state index >= 15 is 0 Å². The molecule has 0 saturated heterocycles. The summed E-state index contributed by atoms with van der Waals surface area (Å²) in [6, 6.07) is 8.51. The Balaban J connectivity index is 1.79. The van der Waals surface area contributed by atoms with Gasteiger partial charge in [-0.1, -0.05) is 24.6 Å². The Morgan fingerprint density at radius 2 is 2.26 bits per heavy atom. The van der Waals surface area contributed by atoms with E-state index in [2.05, 4.69) is 24.4 Å². The number of hydrogen-bond donors (Lipinski definition) is 2. The molecule has 0 spiro atoms. The topological polar surface area (TPSA) is 55.1 Å². The molecule has 1 amide bonds. The summed E-state index contributed by atoms with van der Waals surface area (Å²) in [7, 11) is 0. The first kappa shape index (κ1) is 14.4. The highest BCUT2D eigenvalue weighted by Crippen LogP contribution is 2.36. The van der Waals surface area contributed by atoms with Crippen LogP contribution in [0.4, 0.5) is 0 Å². The molecule has 1 aromatic carbocycles. The van der Waals surface area contributed by atoms with Crippen molar-refractivity contribution in [2.75, 3.05) is 6.54 Å². The number of fused-ring (bicyclic) bond motifs is 1. The number of thioether (sulfide) groups is 1. The number of carbonyl (C=O) groups is 1. The molecule has 0 fully saturated rings. The van der Waals surface area contributed by atoms with E-state index in [4.69, 9.17) is 5.73 Å². The van der Waals surface area contributed by atoms with Crippen molar-refractivity contribution >= 4 is 17.7 Å². The molecule has 1 aromatic rings. The predicted octanol–water partition coefficient (Wildman–Crippen LogP) is 2.34. The average molecular weight is 278 g/mol. The zero-order valence-corrected chi connectivity index (χ0v) is 12.2. The number of carbonyl (C=O) groups excluding carboxylic acids is 1. The van der Waals surface area contributed by atoms with Crippen molar-refractivity contribution in [3.8, 4) is 0 Å². The molecule has 2 unspecified atom stereocenters. The van der Waals surface area contributed by atoms with Gasteiger partial charge < -0.3 is 11.1 Å². The molecule has 0 saturated carbocycles. The molecule has 104 valence electrons. The van der Waals surface area contributed by atoms with Crippen LogP contribution in [-0.2, 0) is 11.2 Å². The maximum atomic E-state index is 12.2. The highest BCUT2D eigenvalue weighted by atomic mass is 32.2. The molecule has 3 nitrogen and oxygen atoms in total. The minimum Gasteiger partial charge on any atom is -0.353 e. The van der Waals surface area contributed by atoms with Crippen LogP contribution < -0.4 is 11.1 Å². The number of hydrogen-bond acceptors (Lipinski definition) is 3. The first-order valence-electron chi connectivity index (χ1n) is 6.95. The molecule has 2 atom stereocenters. The van der Waals surface area contributed by atoms with E-state index in [0.717, 1.165) is 32.2 Å². The van der Waals surface area contributed by atoms with Gasteiger partial charge >= 0.3 is 0 Å². The van der Waals surface area contributed by atoms with Crippen LogP contribution in [0.15, 0.2) is 29.2 Å². The zero-order chi connectivity index (χ0) is 13.7. The first-order chi connectivity index (χ1) is 9.20. The lowest BCUT2D eigenvalue weighted by Crippen LogP contribution is -2.38. The largest absolute Gasteiger partial charge is 0.353 e. The summed E-state index contributed by atoms with van der Waals surface area (Å²) in [5, 5.41) is 3.15. The third-order valence-electron chi connectivity index (χ3n) is 3.42. The lowest BCUT2D eigenvalue weighted by Gasteiger charge is -2.16. The van der Waals surface area contributed by atoms with E-state index in [0.29, 0.717) is 0 Å². The third-order valence-corrected chi connectivity index (χ3v) is 4.74. The minimum atomic E-state index is 0.0364. The molecule has 0 bridgehead atoms. The SMILES string of the molecule is CC(CCCCN)NC(=O)C1Cc2ccccc2S1. The number of amides is 1. The Morgan fingerprint density at radius 1 is 1.47 bits per heavy atom. The number of rotatable bonds is 6. The van der Waals surface area contributed by atoms with Crippen LogP contribution in [0.1, 0.15) is 31.7 Å². The molecule has 1 aliphatic rings. The molecule has 19 heavy (non-hydrogen) atoms. The van der Waals surface area contributed by atoms with E-state index in [-0.39, 0.29) is 17.2 Å². The second kappa shape index (κ2) is 6.96. The summed E-state index contributed by atoms with van der Waals surface area (Å²) >= 11 is 1.68. The van der Waals surface area contributed by atoms with E-state index in [9.17, 15) is 4.79 Å². The van der Waals surface area contributed by atoms with Crippen molar-refractivity contribution in [1.29, 1.82) is 0 Å². The fraction of sp³-hybridized carbons (Fsp3) is 0.533. The molecule has 0 aromatic heterocycles. The Bertz CT molecular complexity index is 411. The maximum absolute atomic E-state index is 12.2. The summed E-state index contributed by atoms with van der Waals surface area (Å²) in [5.74, 6) is 0.168. The highest BCUT2D eigenvalue weighted by Gasteiger charge is 2.28. The van der Waals surface area contributed by atoms with Gasteiger partial charge in [0.2, 0.25) is 5.91 Å². The van der Waals surface area contributed by atoms with E-state index in [1.807, 2.05) is 12.1 Å². The molecule has 3 N–H and O–H groups in total. The van der Waals surface area contributed by atoms with Gasteiger partial charge in [0.15, 0.2) is 0 Å². The van der Waals surface area contributed by atoms with Crippen molar-refractivity contribution < 1.29 is 4.79 Å². The summed E-state index contributed by atoms with van der Waals surface area (Å²) < 4.78 is 0. The van der Waals surface area contributed by atoms with Gasteiger partial charge in [0.1, 0.15) is 0 Å². The number of unbranched alkanes of at least 4 members (excludes halogenated alkanes) is 1. The molecule has 0 aliphatic carbocycles. The van der Waals surface area contributed by atoms with Gasteiger partial charge in [-0.25, -0.2) is 0 Å². The van der Waals surface area contributed by atoms with Crippen molar-refractivity contribution in [2.24, 2.45) is 5.73 Å². The third kappa shape index (κ3) is 3.98. The van der Waals surface area contributed by atoms with Crippen LogP contribution in [0.5, 0.6) is 0 Å². The predicted molar refractivity (Wildman–Crippen MR) is 80.3 cm³/mol. The summed E-state index contributed by atoms with van der Waals surface area (Å²) in [4.78, 5) is 13.4. The van der Waals surface area contributed by atoms with Crippen LogP contribution in [0.25, 0.3) is 0 Å². The molecule has 0 radical (unpaired) electrons. The Kier molecular flexibility index (Phi) is 5.28. The van der Waals surface area contributed by atoms with Crippen LogP contribution >= 0.6 is 11.8 Å². The van der Waals surface area contributed by atoms with Crippen molar-refractivity contribution in [3.63, 3.8) is 0 Å². The minimum absolute atomic E-state index is 0.0364. The molecular formula is C15H22N2OS. The quantitative estimate of drug-likeness (QED) is 0.785. The standard InChI is InChI=1S/C15H22N2OS/c1-11(6-4-5-9-16)17-15(18)14-10-12-7-2-3-8-13(12)19-14/h2-3,7-8,11,14H,4-6,9-10,16H2,1H3,(H,17,18). The van der Waals surface area contributed by atoms with Gasteiger partial charge in [-0.3, -0.25) is 4.79 Å². The van der Waals surface area contributed by atoms with E-state index < -0.39 is 0 Å². The van der Waals surface area contributed by atoms with Gasteiger partial charge in [-0.2, -0.15) is 0 Å². The smallest absolute Gasteiger partial charge is 0.234 e. The van der Waals surface area contributed by atoms with E-state index in [1.165, 1.54) is 10.5 Å². The van der Waals surface area contributed by atoms with Crippen LogP contribution in [0, 0.1) is 0 Å². The molecule has 1 aliphatic heterocycles.